The number of hydrogen-bond donors (Lipinski definition) is 2. The first-order chi connectivity index (χ1) is 12.5. The Hall–Kier alpha value is -3.12. The standard InChI is InChI=1S/C19H15ClFN3O2/c1-12-9-18(26-24-12)17(11-22-16-4-2-3-14(21)10-16)19(25)23-15-7-5-13(20)6-8-15/h2-11,22H,1H3,(H,23,25)/b17-11+. The van der Waals surface area contributed by atoms with Crippen molar-refractivity contribution in [3.63, 3.8) is 0 Å². The topological polar surface area (TPSA) is 67.2 Å². The molecule has 0 spiro atoms. The van der Waals surface area contributed by atoms with E-state index in [0.29, 0.717) is 22.1 Å². The molecule has 0 unspecified atom stereocenters. The Morgan fingerprint density at radius 1 is 1.15 bits per heavy atom. The van der Waals surface area contributed by atoms with Gasteiger partial charge in [0, 0.05) is 28.7 Å². The van der Waals surface area contributed by atoms with Crippen LogP contribution in [-0.2, 0) is 4.79 Å². The molecule has 0 saturated carbocycles. The zero-order valence-corrected chi connectivity index (χ0v) is 14.5. The molecule has 5 nitrogen and oxygen atoms in total. The van der Waals surface area contributed by atoms with Gasteiger partial charge in [-0.05, 0) is 49.4 Å². The highest BCUT2D eigenvalue weighted by atomic mass is 35.5. The summed E-state index contributed by atoms with van der Waals surface area (Å²) in [6, 6.07) is 14.2. The number of anilines is 2. The minimum atomic E-state index is -0.410. The second-order valence-corrected chi connectivity index (χ2v) is 5.94. The van der Waals surface area contributed by atoms with Gasteiger partial charge in [0.2, 0.25) is 0 Å². The number of amides is 1. The molecule has 0 aliphatic carbocycles. The summed E-state index contributed by atoms with van der Waals surface area (Å²) in [4.78, 5) is 12.7. The molecule has 0 fully saturated rings. The second-order valence-electron chi connectivity index (χ2n) is 5.51. The van der Waals surface area contributed by atoms with E-state index >= 15 is 0 Å². The van der Waals surface area contributed by atoms with E-state index < -0.39 is 5.91 Å². The lowest BCUT2D eigenvalue weighted by Crippen LogP contribution is -2.14. The number of aryl methyl sites for hydroxylation is 1. The first-order valence-corrected chi connectivity index (χ1v) is 8.12. The fourth-order valence-corrected chi connectivity index (χ4v) is 2.33. The largest absolute Gasteiger partial charge is 0.361 e. The smallest absolute Gasteiger partial charge is 0.261 e. The van der Waals surface area contributed by atoms with Crippen LogP contribution in [0.2, 0.25) is 5.02 Å². The maximum Gasteiger partial charge on any atom is 0.261 e. The average Bonchev–Trinajstić information content (AvgIpc) is 3.03. The summed E-state index contributed by atoms with van der Waals surface area (Å²) >= 11 is 5.85. The number of halogens is 2. The SMILES string of the molecule is Cc1cc(/C(=C\Nc2cccc(F)c2)C(=O)Nc2ccc(Cl)cc2)on1. The lowest BCUT2D eigenvalue weighted by Gasteiger charge is -2.08. The van der Waals surface area contributed by atoms with Gasteiger partial charge in [0.05, 0.1) is 5.69 Å². The van der Waals surface area contributed by atoms with Crippen molar-refractivity contribution >= 4 is 34.5 Å². The number of benzene rings is 2. The third-order valence-corrected chi connectivity index (χ3v) is 3.70. The van der Waals surface area contributed by atoms with Crippen LogP contribution in [0.25, 0.3) is 5.57 Å². The molecule has 3 aromatic rings. The molecule has 0 atom stereocenters. The third kappa shape index (κ3) is 4.49. The van der Waals surface area contributed by atoms with E-state index in [0.717, 1.165) is 0 Å². The van der Waals surface area contributed by atoms with Gasteiger partial charge >= 0.3 is 0 Å². The molecule has 7 heteroatoms. The number of aromatic nitrogens is 1. The van der Waals surface area contributed by atoms with Crippen LogP contribution in [0.4, 0.5) is 15.8 Å². The molecule has 1 heterocycles. The van der Waals surface area contributed by atoms with E-state index in [9.17, 15) is 9.18 Å². The summed E-state index contributed by atoms with van der Waals surface area (Å²) in [6.07, 6.45) is 1.44. The predicted octanol–water partition coefficient (Wildman–Crippen LogP) is 4.87. The van der Waals surface area contributed by atoms with Crippen LogP contribution in [0.15, 0.2) is 65.3 Å². The molecular weight excluding hydrogens is 357 g/mol. The lowest BCUT2D eigenvalue weighted by molar-refractivity contribution is -0.111. The minimum Gasteiger partial charge on any atom is -0.361 e. The molecule has 26 heavy (non-hydrogen) atoms. The van der Waals surface area contributed by atoms with Crippen molar-refractivity contribution in [3.8, 4) is 0 Å². The fourth-order valence-electron chi connectivity index (χ4n) is 2.20. The van der Waals surface area contributed by atoms with Crippen LogP contribution < -0.4 is 10.6 Å². The highest BCUT2D eigenvalue weighted by Crippen LogP contribution is 2.20. The van der Waals surface area contributed by atoms with Crippen LogP contribution in [0, 0.1) is 12.7 Å². The Balaban J connectivity index is 1.86. The normalized spacial score (nSPS) is 11.3. The maximum atomic E-state index is 13.3. The summed E-state index contributed by atoms with van der Waals surface area (Å²) < 4.78 is 18.5. The molecule has 3 rings (SSSR count). The summed E-state index contributed by atoms with van der Waals surface area (Å²) in [5.74, 6) is -0.503. The zero-order chi connectivity index (χ0) is 18.5. The van der Waals surface area contributed by atoms with Crippen LogP contribution in [0.1, 0.15) is 11.5 Å². The van der Waals surface area contributed by atoms with Crippen LogP contribution in [-0.4, -0.2) is 11.1 Å². The van der Waals surface area contributed by atoms with E-state index in [-0.39, 0.29) is 17.2 Å². The third-order valence-electron chi connectivity index (χ3n) is 3.45. The average molecular weight is 372 g/mol. The molecule has 2 N–H and O–H groups in total. The Morgan fingerprint density at radius 2 is 1.92 bits per heavy atom. The van der Waals surface area contributed by atoms with Gasteiger partial charge in [-0.2, -0.15) is 0 Å². The van der Waals surface area contributed by atoms with Crippen LogP contribution >= 0.6 is 11.6 Å². The molecule has 0 aliphatic heterocycles. The fraction of sp³-hybridized carbons (Fsp3) is 0.0526. The van der Waals surface area contributed by atoms with Gasteiger partial charge in [0.1, 0.15) is 11.4 Å². The molecular formula is C19H15ClFN3O2. The Labute approximate surface area is 154 Å². The number of carbonyl (C=O) groups is 1. The summed E-state index contributed by atoms with van der Waals surface area (Å²) in [5.41, 5.74) is 1.92. The van der Waals surface area contributed by atoms with Gasteiger partial charge in [0.15, 0.2) is 5.76 Å². The van der Waals surface area contributed by atoms with Gasteiger partial charge in [-0.3, -0.25) is 4.79 Å². The van der Waals surface area contributed by atoms with Gasteiger partial charge in [-0.25, -0.2) is 4.39 Å². The first kappa shape index (κ1) is 17.7. The summed E-state index contributed by atoms with van der Waals surface area (Å²) in [5, 5.41) is 10.0. The van der Waals surface area contributed by atoms with Crippen LogP contribution in [0.5, 0.6) is 0 Å². The number of carbonyl (C=O) groups excluding carboxylic acids is 1. The quantitative estimate of drug-likeness (QED) is 0.628. The molecule has 2 aromatic carbocycles. The van der Waals surface area contributed by atoms with E-state index in [1.807, 2.05) is 0 Å². The van der Waals surface area contributed by atoms with Crippen molar-refractivity contribution in [2.45, 2.75) is 6.92 Å². The van der Waals surface area contributed by atoms with Crippen molar-refractivity contribution in [1.82, 2.24) is 5.16 Å². The van der Waals surface area contributed by atoms with Gasteiger partial charge in [-0.1, -0.05) is 22.8 Å². The molecule has 0 saturated heterocycles. The number of nitrogens with one attached hydrogen (secondary N) is 2. The maximum absolute atomic E-state index is 13.3. The Bertz CT molecular complexity index is 951. The Morgan fingerprint density at radius 3 is 2.58 bits per heavy atom. The van der Waals surface area contributed by atoms with Crippen molar-refractivity contribution < 1.29 is 13.7 Å². The van der Waals surface area contributed by atoms with E-state index in [2.05, 4.69) is 15.8 Å². The van der Waals surface area contributed by atoms with E-state index in [1.54, 1.807) is 49.4 Å². The van der Waals surface area contributed by atoms with Crippen LogP contribution in [0.3, 0.4) is 0 Å². The molecule has 0 radical (unpaired) electrons. The van der Waals surface area contributed by atoms with Crippen molar-refractivity contribution in [3.05, 3.63) is 83.1 Å². The molecule has 1 aromatic heterocycles. The van der Waals surface area contributed by atoms with Crippen molar-refractivity contribution in [2.75, 3.05) is 10.6 Å². The van der Waals surface area contributed by atoms with Gasteiger partial charge in [-0.15, -0.1) is 0 Å². The highest BCUT2D eigenvalue weighted by Gasteiger charge is 2.17. The van der Waals surface area contributed by atoms with E-state index in [4.69, 9.17) is 16.1 Å². The van der Waals surface area contributed by atoms with Gasteiger partial charge in [0.25, 0.3) is 5.91 Å². The minimum absolute atomic E-state index is 0.213. The van der Waals surface area contributed by atoms with Gasteiger partial charge < -0.3 is 15.2 Å². The summed E-state index contributed by atoms with van der Waals surface area (Å²) in [7, 11) is 0. The Kier molecular flexibility index (Phi) is 5.34. The monoisotopic (exact) mass is 371 g/mol. The molecule has 0 aliphatic rings. The number of nitrogens with zero attached hydrogens (tertiary/aromatic N) is 1. The zero-order valence-electron chi connectivity index (χ0n) is 13.8. The molecule has 0 bridgehead atoms. The predicted molar refractivity (Wildman–Crippen MR) is 99.3 cm³/mol. The van der Waals surface area contributed by atoms with Crippen molar-refractivity contribution in [2.24, 2.45) is 0 Å². The van der Waals surface area contributed by atoms with E-state index in [1.165, 1.54) is 18.3 Å². The molecule has 1 amide bonds. The summed E-state index contributed by atoms with van der Waals surface area (Å²) in [6.45, 7) is 1.75. The van der Waals surface area contributed by atoms with Crippen molar-refractivity contribution in [1.29, 1.82) is 0 Å². The highest BCUT2D eigenvalue weighted by molar-refractivity contribution is 6.30. The number of hydrogen-bond acceptors (Lipinski definition) is 4. The lowest BCUT2D eigenvalue weighted by atomic mass is 10.2. The molecule has 132 valence electrons. The second kappa shape index (κ2) is 7.84. The number of rotatable bonds is 5. The first-order valence-electron chi connectivity index (χ1n) is 7.74.